The SMILES string of the molecule is O=c1nc(Cn2c(=O)n(C3CC3)c3ccncc32)n(CCCC(F)(F)F)c2ccccc12. The van der Waals surface area contributed by atoms with Gasteiger partial charge < -0.3 is 4.57 Å². The maximum absolute atomic E-state index is 13.2. The van der Waals surface area contributed by atoms with Crippen LogP contribution < -0.4 is 11.2 Å². The lowest BCUT2D eigenvalue weighted by atomic mass is 10.2. The zero-order chi connectivity index (χ0) is 22.5. The number of nitrogens with zero attached hydrogens (tertiary/aromatic N) is 5. The van der Waals surface area contributed by atoms with Crippen molar-refractivity contribution in [1.82, 2.24) is 23.7 Å². The van der Waals surface area contributed by atoms with Crippen molar-refractivity contribution >= 4 is 21.9 Å². The average Bonchev–Trinajstić information content (AvgIpc) is 3.55. The van der Waals surface area contributed by atoms with Crippen LogP contribution in [0.4, 0.5) is 13.2 Å². The predicted molar refractivity (Wildman–Crippen MR) is 113 cm³/mol. The van der Waals surface area contributed by atoms with E-state index in [0.29, 0.717) is 16.4 Å². The van der Waals surface area contributed by atoms with Crippen molar-refractivity contribution in [1.29, 1.82) is 0 Å². The molecule has 0 radical (unpaired) electrons. The maximum Gasteiger partial charge on any atom is 0.389 e. The standard InChI is InChI=1S/C22H20F3N5O2/c23-22(24,25)9-3-11-28-16-5-2-1-4-15(16)20(31)27-19(28)13-29-18-12-26-10-8-17(18)30(21(29)32)14-6-7-14/h1-2,4-5,8,10,12,14H,3,6-7,9,11,13H2. The van der Waals surface area contributed by atoms with E-state index in [4.69, 9.17) is 0 Å². The summed E-state index contributed by atoms with van der Waals surface area (Å²) in [4.78, 5) is 34.1. The normalized spacial score (nSPS) is 14.5. The Hall–Kier alpha value is -3.43. The molecule has 1 fully saturated rings. The molecule has 0 spiro atoms. The van der Waals surface area contributed by atoms with Gasteiger partial charge in [-0.1, -0.05) is 12.1 Å². The Morgan fingerprint density at radius 1 is 1.00 bits per heavy atom. The minimum Gasteiger partial charge on any atom is -0.327 e. The number of imidazole rings is 1. The third-order valence-electron chi connectivity index (χ3n) is 5.79. The molecule has 1 aliphatic carbocycles. The zero-order valence-electron chi connectivity index (χ0n) is 17.0. The Morgan fingerprint density at radius 3 is 2.53 bits per heavy atom. The molecule has 166 valence electrons. The molecule has 4 aromatic rings. The second kappa shape index (κ2) is 7.61. The minimum atomic E-state index is -4.28. The van der Waals surface area contributed by atoms with Crippen LogP contribution in [-0.4, -0.2) is 29.8 Å². The number of para-hydroxylation sites is 1. The Kier molecular flexibility index (Phi) is 4.87. The van der Waals surface area contributed by atoms with Crippen LogP contribution in [0.2, 0.25) is 0 Å². The fraction of sp³-hybridized carbons (Fsp3) is 0.364. The Bertz CT molecular complexity index is 1430. The van der Waals surface area contributed by atoms with E-state index in [1.807, 2.05) is 0 Å². The van der Waals surface area contributed by atoms with E-state index >= 15 is 0 Å². The highest BCUT2D eigenvalue weighted by molar-refractivity contribution is 5.78. The van der Waals surface area contributed by atoms with Crippen molar-refractivity contribution < 1.29 is 13.2 Å². The number of hydrogen-bond acceptors (Lipinski definition) is 4. The third-order valence-corrected chi connectivity index (χ3v) is 5.79. The van der Waals surface area contributed by atoms with Gasteiger partial charge in [0.15, 0.2) is 0 Å². The van der Waals surface area contributed by atoms with E-state index in [0.717, 1.165) is 18.4 Å². The number of benzene rings is 1. The van der Waals surface area contributed by atoms with Crippen LogP contribution in [0.15, 0.2) is 52.3 Å². The Labute approximate surface area is 179 Å². The van der Waals surface area contributed by atoms with E-state index in [2.05, 4.69) is 9.97 Å². The summed E-state index contributed by atoms with van der Waals surface area (Å²) < 4.78 is 43.1. The molecular weight excluding hydrogens is 423 g/mol. The van der Waals surface area contributed by atoms with E-state index in [1.54, 1.807) is 51.9 Å². The largest absolute Gasteiger partial charge is 0.389 e. The van der Waals surface area contributed by atoms with Crippen LogP contribution >= 0.6 is 0 Å². The molecule has 0 aliphatic heterocycles. The van der Waals surface area contributed by atoms with Crippen molar-refractivity contribution in [2.45, 2.75) is 51.0 Å². The fourth-order valence-electron chi connectivity index (χ4n) is 4.18. The van der Waals surface area contributed by atoms with Crippen LogP contribution in [0, 0.1) is 0 Å². The van der Waals surface area contributed by atoms with Crippen molar-refractivity contribution in [3.8, 4) is 0 Å². The summed E-state index contributed by atoms with van der Waals surface area (Å²) in [5, 5.41) is 0.331. The Balaban J connectivity index is 1.63. The summed E-state index contributed by atoms with van der Waals surface area (Å²) in [7, 11) is 0. The molecule has 0 unspecified atom stereocenters. The highest BCUT2D eigenvalue weighted by atomic mass is 19.4. The molecule has 1 aromatic carbocycles. The van der Waals surface area contributed by atoms with Gasteiger partial charge in [-0.05, 0) is 37.5 Å². The lowest BCUT2D eigenvalue weighted by molar-refractivity contribution is -0.135. The number of hydrogen-bond donors (Lipinski definition) is 0. The smallest absolute Gasteiger partial charge is 0.327 e. The number of fused-ring (bicyclic) bond motifs is 2. The zero-order valence-corrected chi connectivity index (χ0v) is 17.0. The highest BCUT2D eigenvalue weighted by Crippen LogP contribution is 2.36. The lowest BCUT2D eigenvalue weighted by Gasteiger charge is -2.17. The van der Waals surface area contributed by atoms with Gasteiger partial charge in [-0.2, -0.15) is 18.2 Å². The third kappa shape index (κ3) is 3.69. The van der Waals surface area contributed by atoms with Gasteiger partial charge in [0, 0.05) is 25.2 Å². The van der Waals surface area contributed by atoms with Gasteiger partial charge in [0.25, 0.3) is 5.56 Å². The fourth-order valence-corrected chi connectivity index (χ4v) is 4.18. The molecule has 5 rings (SSSR count). The maximum atomic E-state index is 13.2. The van der Waals surface area contributed by atoms with Crippen LogP contribution in [-0.2, 0) is 13.1 Å². The number of aromatic nitrogens is 5. The van der Waals surface area contributed by atoms with Gasteiger partial charge in [-0.15, -0.1) is 0 Å². The number of halogens is 3. The van der Waals surface area contributed by atoms with Gasteiger partial charge >= 0.3 is 11.9 Å². The van der Waals surface area contributed by atoms with Crippen molar-refractivity contribution in [2.24, 2.45) is 0 Å². The van der Waals surface area contributed by atoms with E-state index < -0.39 is 18.2 Å². The number of aryl methyl sites for hydroxylation is 1. The summed E-state index contributed by atoms with van der Waals surface area (Å²) in [6.07, 6.45) is -0.351. The lowest BCUT2D eigenvalue weighted by Crippen LogP contribution is -2.28. The van der Waals surface area contributed by atoms with Crippen molar-refractivity contribution in [3.63, 3.8) is 0 Å². The van der Waals surface area contributed by atoms with E-state index in [-0.39, 0.29) is 37.1 Å². The molecule has 1 saturated carbocycles. The molecule has 7 nitrogen and oxygen atoms in total. The molecule has 1 aliphatic rings. The molecule has 0 amide bonds. The first-order chi connectivity index (χ1) is 15.3. The molecule has 0 N–H and O–H groups in total. The molecule has 32 heavy (non-hydrogen) atoms. The number of rotatable bonds is 6. The minimum absolute atomic E-state index is 0.0247. The second-order valence-corrected chi connectivity index (χ2v) is 8.05. The second-order valence-electron chi connectivity index (χ2n) is 8.05. The first kappa shape index (κ1) is 20.5. The highest BCUT2D eigenvalue weighted by Gasteiger charge is 2.29. The van der Waals surface area contributed by atoms with Crippen LogP contribution in [0.25, 0.3) is 21.9 Å². The topological polar surface area (TPSA) is 74.7 Å². The average molecular weight is 443 g/mol. The quantitative estimate of drug-likeness (QED) is 0.456. The first-order valence-electron chi connectivity index (χ1n) is 10.4. The first-order valence-corrected chi connectivity index (χ1v) is 10.4. The van der Waals surface area contributed by atoms with Crippen molar-refractivity contribution in [3.05, 3.63) is 69.4 Å². The molecule has 0 saturated heterocycles. The number of pyridine rings is 1. The van der Waals surface area contributed by atoms with Gasteiger partial charge in [0.1, 0.15) is 5.82 Å². The van der Waals surface area contributed by atoms with Gasteiger partial charge in [-0.3, -0.25) is 18.9 Å². The number of alkyl halides is 3. The van der Waals surface area contributed by atoms with Gasteiger partial charge in [-0.25, -0.2) is 4.79 Å². The Morgan fingerprint density at radius 2 is 1.78 bits per heavy atom. The van der Waals surface area contributed by atoms with Crippen LogP contribution in [0.5, 0.6) is 0 Å². The monoisotopic (exact) mass is 443 g/mol. The summed E-state index contributed by atoms with van der Waals surface area (Å²) in [5.74, 6) is 0.247. The van der Waals surface area contributed by atoms with E-state index in [9.17, 15) is 22.8 Å². The van der Waals surface area contributed by atoms with Gasteiger partial charge in [0.2, 0.25) is 0 Å². The van der Waals surface area contributed by atoms with Crippen LogP contribution in [0.1, 0.15) is 37.5 Å². The molecule has 3 heterocycles. The van der Waals surface area contributed by atoms with Crippen LogP contribution in [0.3, 0.4) is 0 Å². The van der Waals surface area contributed by atoms with Gasteiger partial charge in [0.05, 0.1) is 34.7 Å². The molecular formula is C22H20F3N5O2. The predicted octanol–water partition coefficient (Wildman–Crippen LogP) is 3.63. The molecule has 3 aromatic heterocycles. The van der Waals surface area contributed by atoms with Crippen molar-refractivity contribution in [2.75, 3.05) is 0 Å². The summed E-state index contributed by atoms with van der Waals surface area (Å²) in [6.45, 7) is -0.0102. The summed E-state index contributed by atoms with van der Waals surface area (Å²) >= 11 is 0. The van der Waals surface area contributed by atoms with E-state index in [1.165, 1.54) is 4.57 Å². The molecule has 0 bridgehead atoms. The molecule has 0 atom stereocenters. The molecule has 10 heteroatoms. The summed E-state index contributed by atoms with van der Waals surface area (Å²) in [5.41, 5.74) is 1.15. The summed E-state index contributed by atoms with van der Waals surface area (Å²) in [6, 6.07) is 8.60.